The fourth-order valence-electron chi connectivity index (χ4n) is 6.46. The summed E-state index contributed by atoms with van der Waals surface area (Å²) in [5.41, 5.74) is 3.94. The highest BCUT2D eigenvalue weighted by molar-refractivity contribution is 7.89. The molecule has 0 bridgehead atoms. The van der Waals surface area contributed by atoms with Gasteiger partial charge in [0.2, 0.25) is 15.9 Å². The first-order valence-electron chi connectivity index (χ1n) is 15.1. The van der Waals surface area contributed by atoms with Crippen molar-refractivity contribution in [2.24, 2.45) is 5.41 Å². The van der Waals surface area contributed by atoms with E-state index in [1.54, 1.807) is 39.2 Å². The number of ether oxygens (including phenoxy) is 2. The van der Waals surface area contributed by atoms with Gasteiger partial charge in [-0.2, -0.15) is 4.31 Å². The lowest BCUT2D eigenvalue weighted by Gasteiger charge is -2.41. The van der Waals surface area contributed by atoms with E-state index in [4.69, 9.17) is 9.47 Å². The van der Waals surface area contributed by atoms with Crippen LogP contribution in [0.25, 0.3) is 11.0 Å². The molecule has 3 aromatic heterocycles. The minimum absolute atomic E-state index is 0.0149. The van der Waals surface area contributed by atoms with Crippen LogP contribution in [0.2, 0.25) is 0 Å². The van der Waals surface area contributed by atoms with Gasteiger partial charge in [-0.15, -0.1) is 5.10 Å². The number of rotatable bonds is 7. The van der Waals surface area contributed by atoms with Crippen molar-refractivity contribution in [1.29, 1.82) is 0 Å². The van der Waals surface area contributed by atoms with E-state index < -0.39 is 32.9 Å². The number of fused-ring (bicyclic) bond motifs is 2. The smallest absolute Gasteiger partial charge is 0.310 e. The fourth-order valence-corrected chi connectivity index (χ4v) is 8.11. The summed E-state index contributed by atoms with van der Waals surface area (Å²) in [6.45, 7) is 9.54. The number of carboxylic acid groups (broad SMARTS) is 1. The number of hydrogen-bond acceptors (Lipinski definition) is 9. The molecule has 1 N–H and O–H groups in total. The minimum Gasteiger partial charge on any atom is -0.481 e. The zero-order valence-corrected chi connectivity index (χ0v) is 26.8. The first kappa shape index (κ1) is 29.8. The second kappa shape index (κ2) is 10.3. The number of aromatic nitrogens is 5. The summed E-state index contributed by atoms with van der Waals surface area (Å²) in [5, 5.41) is 19.3. The van der Waals surface area contributed by atoms with Crippen LogP contribution in [0.1, 0.15) is 72.2 Å². The topological polar surface area (TPSA) is 150 Å². The third kappa shape index (κ3) is 4.88. The quantitative estimate of drug-likeness (QED) is 0.316. The van der Waals surface area contributed by atoms with E-state index in [1.165, 1.54) is 4.31 Å². The first-order valence-corrected chi connectivity index (χ1v) is 16.5. The van der Waals surface area contributed by atoms with E-state index in [0.717, 1.165) is 35.0 Å². The molecule has 236 valence electrons. The van der Waals surface area contributed by atoms with Crippen LogP contribution in [0.5, 0.6) is 5.88 Å². The second-order valence-corrected chi connectivity index (χ2v) is 15.2. The van der Waals surface area contributed by atoms with Gasteiger partial charge >= 0.3 is 5.97 Å². The van der Waals surface area contributed by atoms with Gasteiger partial charge in [-0.3, -0.25) is 9.78 Å². The molecule has 1 atom stereocenters. The Morgan fingerprint density at radius 2 is 1.89 bits per heavy atom. The zero-order chi connectivity index (χ0) is 31.9. The van der Waals surface area contributed by atoms with E-state index in [0.29, 0.717) is 28.4 Å². The van der Waals surface area contributed by atoms with Crippen molar-refractivity contribution < 1.29 is 27.8 Å². The van der Waals surface area contributed by atoms with Crippen molar-refractivity contribution in [1.82, 2.24) is 29.3 Å². The normalized spacial score (nSPS) is 19.8. The predicted molar refractivity (Wildman–Crippen MR) is 164 cm³/mol. The molecule has 1 saturated heterocycles. The molecule has 1 spiro atoms. The highest BCUT2D eigenvalue weighted by Crippen LogP contribution is 2.45. The zero-order valence-electron chi connectivity index (χ0n) is 25.9. The van der Waals surface area contributed by atoms with Crippen LogP contribution in [-0.2, 0) is 26.1 Å². The molecule has 12 nitrogen and oxygen atoms in total. The number of carbonyl (C=O) groups is 1. The summed E-state index contributed by atoms with van der Waals surface area (Å²) in [6.07, 6.45) is 5.43. The van der Waals surface area contributed by atoms with Crippen LogP contribution in [0.15, 0.2) is 41.6 Å². The first-order chi connectivity index (χ1) is 21.3. The molecule has 1 saturated carbocycles. The molecule has 4 aromatic rings. The molecule has 1 unspecified atom stereocenters. The monoisotopic (exact) mass is 632 g/mol. The Bertz CT molecular complexity index is 1960. The molecular weight excluding hydrogens is 596 g/mol. The molecule has 0 amide bonds. The summed E-state index contributed by atoms with van der Waals surface area (Å²) in [7, 11) is -4.01. The number of aryl methyl sites for hydroxylation is 3. The number of benzene rings is 1. The molecule has 7 rings (SSSR count). The van der Waals surface area contributed by atoms with Crippen LogP contribution < -0.4 is 4.74 Å². The standard InChI is InChI=1S/C32H36N6O6S/c1-18-10-26-29(34-12-18)44-32(16-43-17-32)15-37(45(26,41)42)14-22-11-21(13-33-20(22)3)27(31(4,5)30(39)40)24-8-9-25-28(19(24)2)35-36-38(25)23-6-7-23/h8-13,23,27H,6-7,14-17H2,1-5H3,(H,39,40). The van der Waals surface area contributed by atoms with E-state index in [-0.39, 0.29) is 37.1 Å². The predicted octanol–water partition coefficient (Wildman–Crippen LogP) is 4.08. The van der Waals surface area contributed by atoms with Gasteiger partial charge in [-0.25, -0.2) is 18.1 Å². The number of sulfonamides is 1. The number of carboxylic acids is 1. The van der Waals surface area contributed by atoms with E-state index in [9.17, 15) is 18.3 Å². The largest absolute Gasteiger partial charge is 0.481 e. The molecule has 0 radical (unpaired) electrons. The van der Waals surface area contributed by atoms with Crippen LogP contribution in [0.4, 0.5) is 0 Å². The Balaban J connectivity index is 1.32. The summed E-state index contributed by atoms with van der Waals surface area (Å²) >= 11 is 0. The molecular formula is C32H36N6O6S. The van der Waals surface area contributed by atoms with Crippen LogP contribution >= 0.6 is 0 Å². The number of aliphatic carboxylic acids is 1. The Labute approximate surface area is 261 Å². The maximum absolute atomic E-state index is 14.1. The van der Waals surface area contributed by atoms with E-state index in [1.807, 2.05) is 36.7 Å². The maximum atomic E-state index is 14.1. The Morgan fingerprint density at radius 1 is 1.13 bits per heavy atom. The Hall–Kier alpha value is -3.94. The van der Waals surface area contributed by atoms with Crippen LogP contribution in [0.3, 0.4) is 0 Å². The highest BCUT2D eigenvalue weighted by atomic mass is 32.2. The molecule has 1 aromatic carbocycles. The second-order valence-electron chi connectivity index (χ2n) is 13.3. The van der Waals surface area contributed by atoms with Crippen molar-refractivity contribution in [3.05, 3.63) is 70.2 Å². The third-order valence-corrected chi connectivity index (χ3v) is 11.2. The van der Waals surface area contributed by atoms with Crippen molar-refractivity contribution in [3.63, 3.8) is 0 Å². The lowest BCUT2D eigenvalue weighted by Crippen LogP contribution is -2.60. The van der Waals surface area contributed by atoms with Crippen LogP contribution in [-0.4, -0.2) is 74.1 Å². The van der Waals surface area contributed by atoms with Gasteiger partial charge in [0.25, 0.3) is 0 Å². The third-order valence-electron chi connectivity index (χ3n) is 9.39. The van der Waals surface area contributed by atoms with Crippen LogP contribution in [0, 0.1) is 26.2 Å². The SMILES string of the molecule is Cc1cnc2c(c1)S(=O)(=O)N(Cc1cc(C(c3ccc4c(nnn4C4CC4)c3C)C(C)(C)C(=O)O)cnc1C)CC1(COC1)O2. The molecule has 2 aliphatic heterocycles. The molecule has 5 heterocycles. The van der Waals surface area contributed by atoms with Gasteiger partial charge < -0.3 is 14.6 Å². The van der Waals surface area contributed by atoms with Gasteiger partial charge in [0.1, 0.15) is 10.4 Å². The molecule has 2 fully saturated rings. The highest BCUT2D eigenvalue weighted by Gasteiger charge is 2.50. The summed E-state index contributed by atoms with van der Waals surface area (Å²) < 4.78 is 43.2. The van der Waals surface area contributed by atoms with Crippen molar-refractivity contribution in [2.75, 3.05) is 19.8 Å². The number of pyridine rings is 2. The lowest BCUT2D eigenvalue weighted by atomic mass is 9.70. The van der Waals surface area contributed by atoms with Gasteiger partial charge in [0.15, 0.2) is 5.60 Å². The molecule has 1 aliphatic carbocycles. The van der Waals surface area contributed by atoms with Crippen molar-refractivity contribution in [2.45, 2.75) is 76.5 Å². The lowest BCUT2D eigenvalue weighted by molar-refractivity contribution is -0.166. The summed E-state index contributed by atoms with van der Waals surface area (Å²) in [4.78, 5) is 21.8. The van der Waals surface area contributed by atoms with E-state index in [2.05, 4.69) is 20.3 Å². The molecule has 13 heteroatoms. The summed E-state index contributed by atoms with van der Waals surface area (Å²) in [6, 6.07) is 7.77. The minimum atomic E-state index is -4.01. The number of hydrogen-bond donors (Lipinski definition) is 1. The van der Waals surface area contributed by atoms with E-state index >= 15 is 0 Å². The number of nitrogens with zero attached hydrogens (tertiary/aromatic N) is 6. The summed E-state index contributed by atoms with van der Waals surface area (Å²) in [5.74, 6) is -1.50. The fraction of sp³-hybridized carbons (Fsp3) is 0.469. The maximum Gasteiger partial charge on any atom is 0.310 e. The van der Waals surface area contributed by atoms with Gasteiger partial charge in [0, 0.05) is 30.6 Å². The molecule has 3 aliphatic rings. The average molecular weight is 633 g/mol. The van der Waals surface area contributed by atoms with Gasteiger partial charge in [0.05, 0.1) is 36.7 Å². The Kier molecular flexibility index (Phi) is 6.81. The van der Waals surface area contributed by atoms with Gasteiger partial charge in [-0.1, -0.05) is 17.3 Å². The van der Waals surface area contributed by atoms with Crippen molar-refractivity contribution in [3.8, 4) is 5.88 Å². The molecule has 45 heavy (non-hydrogen) atoms. The van der Waals surface area contributed by atoms with Gasteiger partial charge in [-0.05, 0) is 87.4 Å². The average Bonchev–Trinajstić information content (AvgIpc) is 3.73. The van der Waals surface area contributed by atoms with Crippen molar-refractivity contribution >= 4 is 27.0 Å². The Morgan fingerprint density at radius 3 is 2.56 bits per heavy atom.